The lowest BCUT2D eigenvalue weighted by Gasteiger charge is -2.08. The van der Waals surface area contributed by atoms with Gasteiger partial charge >= 0.3 is 0 Å². The Morgan fingerprint density at radius 3 is 2.00 bits per heavy atom. The zero-order valence-electron chi connectivity index (χ0n) is 10.5. The molecule has 0 bridgehead atoms. The molecule has 0 aliphatic carbocycles. The predicted molar refractivity (Wildman–Crippen MR) is 71.8 cm³/mol. The Morgan fingerprint density at radius 1 is 1.00 bits per heavy atom. The summed E-state index contributed by atoms with van der Waals surface area (Å²) in [6.07, 6.45) is 5.33. The molecule has 0 spiro atoms. The molecule has 1 aromatic heterocycles. The smallest absolute Gasteiger partial charge is 0.159 e. The van der Waals surface area contributed by atoms with Crippen molar-refractivity contribution in [3.05, 3.63) is 53.4 Å². The van der Waals surface area contributed by atoms with Gasteiger partial charge < -0.3 is 0 Å². The third-order valence-electron chi connectivity index (χ3n) is 3.09. The minimum atomic E-state index is 0.766. The van der Waals surface area contributed by atoms with E-state index in [-0.39, 0.29) is 0 Å². The fourth-order valence-electron chi connectivity index (χ4n) is 1.76. The number of hydrogen-bond acceptors (Lipinski definition) is 2. The molecule has 1 aromatic carbocycles. The predicted octanol–water partition coefficient (Wildman–Crippen LogP) is 3.71. The van der Waals surface area contributed by atoms with Crippen LogP contribution in [-0.4, -0.2) is 9.97 Å². The van der Waals surface area contributed by atoms with Gasteiger partial charge in [0, 0.05) is 23.5 Å². The Bertz CT molecular complexity index is 531. The number of hydrogen-bond donors (Lipinski definition) is 0. The quantitative estimate of drug-likeness (QED) is 0.777. The molecule has 1 heterocycles. The Hall–Kier alpha value is -1.96. The highest BCUT2D eigenvalue weighted by Crippen LogP contribution is 2.22. The van der Waals surface area contributed by atoms with Crippen LogP contribution in [0.2, 0.25) is 0 Å². The van der Waals surface area contributed by atoms with Gasteiger partial charge in [-0.15, -0.1) is 0 Å². The normalized spacial score (nSPS) is 10.3. The Morgan fingerprint density at radius 2 is 1.53 bits per heavy atom. The maximum atomic E-state index is 4.35. The maximum absolute atomic E-state index is 4.35. The molecule has 0 saturated heterocycles. The first-order valence-corrected chi connectivity index (χ1v) is 5.64. The molecule has 2 nitrogen and oxygen atoms in total. The minimum absolute atomic E-state index is 0.766. The van der Waals surface area contributed by atoms with Crippen LogP contribution in [0.3, 0.4) is 0 Å². The van der Waals surface area contributed by atoms with Gasteiger partial charge in [-0.3, -0.25) is 0 Å². The molecule has 2 aromatic rings. The second-order valence-electron chi connectivity index (χ2n) is 4.28. The van der Waals surface area contributed by atoms with E-state index in [0.717, 1.165) is 17.0 Å². The van der Waals surface area contributed by atoms with Crippen LogP contribution in [0.4, 0.5) is 0 Å². The van der Waals surface area contributed by atoms with E-state index in [1.54, 1.807) is 18.5 Å². The Balaban J connectivity index is 2.49. The monoisotopic (exact) mass is 224 g/mol. The van der Waals surface area contributed by atoms with Crippen LogP contribution < -0.4 is 0 Å². The van der Waals surface area contributed by atoms with Gasteiger partial charge in [-0.05, 0) is 49.6 Å². The number of benzene rings is 1. The summed E-state index contributed by atoms with van der Waals surface area (Å²) in [6, 6.07) is 4.26. The zero-order chi connectivity index (χ0) is 12.4. The van der Waals surface area contributed by atoms with Crippen molar-refractivity contribution in [2.24, 2.45) is 0 Å². The highest BCUT2D eigenvalue weighted by atomic mass is 14.9. The molecule has 0 aliphatic rings. The Kier molecular flexibility index (Phi) is 3.05. The highest BCUT2D eigenvalue weighted by Gasteiger charge is 2.05. The van der Waals surface area contributed by atoms with E-state index < -0.39 is 0 Å². The van der Waals surface area contributed by atoms with E-state index in [1.807, 2.05) is 0 Å². The summed E-state index contributed by atoms with van der Waals surface area (Å²) in [7, 11) is 0. The molecule has 0 amide bonds. The first-order valence-electron chi connectivity index (χ1n) is 5.64. The molecule has 0 N–H and O–H groups in total. The summed E-state index contributed by atoms with van der Waals surface area (Å²) in [4.78, 5) is 8.70. The number of rotatable bonds is 2. The van der Waals surface area contributed by atoms with E-state index in [2.05, 4.69) is 49.5 Å². The van der Waals surface area contributed by atoms with Gasteiger partial charge in [0.15, 0.2) is 5.82 Å². The van der Waals surface area contributed by atoms with Crippen LogP contribution in [-0.2, 0) is 0 Å². The van der Waals surface area contributed by atoms with E-state index in [1.165, 1.54) is 16.7 Å². The van der Waals surface area contributed by atoms with Crippen molar-refractivity contribution in [3.8, 4) is 11.4 Å². The minimum Gasteiger partial charge on any atom is -0.236 e. The zero-order valence-corrected chi connectivity index (χ0v) is 10.5. The Labute approximate surface area is 102 Å². The second-order valence-corrected chi connectivity index (χ2v) is 4.28. The third-order valence-corrected chi connectivity index (χ3v) is 3.09. The van der Waals surface area contributed by atoms with Crippen molar-refractivity contribution in [2.45, 2.75) is 20.8 Å². The SMILES string of the molecule is C=Cc1cnc(-c2cc(C)c(C)c(C)c2)nc1. The molecule has 0 radical (unpaired) electrons. The summed E-state index contributed by atoms with van der Waals surface area (Å²) in [6.45, 7) is 10.1. The van der Waals surface area contributed by atoms with Gasteiger partial charge in [0.25, 0.3) is 0 Å². The lowest BCUT2D eigenvalue weighted by molar-refractivity contribution is 1.16. The average molecular weight is 224 g/mol. The van der Waals surface area contributed by atoms with E-state index >= 15 is 0 Å². The molecule has 2 rings (SSSR count). The molecular formula is C15H16N2. The lowest BCUT2D eigenvalue weighted by Crippen LogP contribution is -1.93. The molecule has 0 saturated carbocycles. The van der Waals surface area contributed by atoms with Crippen molar-refractivity contribution >= 4 is 6.08 Å². The molecular weight excluding hydrogens is 208 g/mol. The largest absolute Gasteiger partial charge is 0.236 e. The first-order chi connectivity index (χ1) is 8.11. The highest BCUT2D eigenvalue weighted by molar-refractivity contribution is 5.60. The standard InChI is InChI=1S/C15H16N2/c1-5-13-8-16-15(17-9-13)14-6-10(2)12(4)11(3)7-14/h5-9H,1H2,2-4H3. The van der Waals surface area contributed by atoms with Crippen molar-refractivity contribution in [1.29, 1.82) is 0 Å². The van der Waals surface area contributed by atoms with Crippen LogP contribution in [0.5, 0.6) is 0 Å². The number of aromatic nitrogens is 2. The van der Waals surface area contributed by atoms with Crippen molar-refractivity contribution < 1.29 is 0 Å². The molecule has 0 fully saturated rings. The van der Waals surface area contributed by atoms with Crippen LogP contribution in [0.1, 0.15) is 22.3 Å². The van der Waals surface area contributed by atoms with Gasteiger partial charge in [0.1, 0.15) is 0 Å². The lowest BCUT2D eigenvalue weighted by atomic mass is 10.0. The van der Waals surface area contributed by atoms with Gasteiger partial charge in [-0.25, -0.2) is 9.97 Å². The van der Waals surface area contributed by atoms with Gasteiger partial charge in [-0.1, -0.05) is 12.7 Å². The second kappa shape index (κ2) is 4.50. The van der Waals surface area contributed by atoms with Crippen LogP contribution in [0, 0.1) is 20.8 Å². The fraction of sp³-hybridized carbons (Fsp3) is 0.200. The van der Waals surface area contributed by atoms with Crippen molar-refractivity contribution in [3.63, 3.8) is 0 Å². The summed E-state index contributed by atoms with van der Waals surface area (Å²) in [5.41, 5.74) is 5.89. The summed E-state index contributed by atoms with van der Waals surface area (Å²) >= 11 is 0. The summed E-state index contributed by atoms with van der Waals surface area (Å²) in [5.74, 6) is 0.766. The van der Waals surface area contributed by atoms with Crippen LogP contribution in [0.25, 0.3) is 17.5 Å². The first kappa shape index (κ1) is 11.5. The molecule has 2 heteroatoms. The van der Waals surface area contributed by atoms with Gasteiger partial charge in [0.2, 0.25) is 0 Å². The van der Waals surface area contributed by atoms with Gasteiger partial charge in [0.05, 0.1) is 0 Å². The third kappa shape index (κ3) is 2.26. The van der Waals surface area contributed by atoms with E-state index in [9.17, 15) is 0 Å². The molecule has 0 atom stereocenters. The topological polar surface area (TPSA) is 25.8 Å². The van der Waals surface area contributed by atoms with Gasteiger partial charge in [-0.2, -0.15) is 0 Å². The van der Waals surface area contributed by atoms with Crippen LogP contribution >= 0.6 is 0 Å². The van der Waals surface area contributed by atoms with Crippen LogP contribution in [0.15, 0.2) is 31.1 Å². The molecule has 86 valence electrons. The van der Waals surface area contributed by atoms with E-state index in [0.29, 0.717) is 0 Å². The van der Waals surface area contributed by atoms with Crippen molar-refractivity contribution in [2.75, 3.05) is 0 Å². The fourth-order valence-corrected chi connectivity index (χ4v) is 1.76. The molecule has 0 aliphatic heterocycles. The maximum Gasteiger partial charge on any atom is 0.159 e. The summed E-state index contributed by atoms with van der Waals surface area (Å²) in [5, 5.41) is 0. The number of nitrogens with zero attached hydrogens (tertiary/aromatic N) is 2. The molecule has 0 unspecified atom stereocenters. The van der Waals surface area contributed by atoms with E-state index in [4.69, 9.17) is 0 Å². The number of aryl methyl sites for hydroxylation is 2. The average Bonchev–Trinajstić information content (AvgIpc) is 2.35. The van der Waals surface area contributed by atoms with Crippen molar-refractivity contribution in [1.82, 2.24) is 9.97 Å². The molecule has 17 heavy (non-hydrogen) atoms. The summed E-state index contributed by atoms with van der Waals surface area (Å²) < 4.78 is 0.